The van der Waals surface area contributed by atoms with E-state index >= 15 is 0 Å². The van der Waals surface area contributed by atoms with Gasteiger partial charge in [-0.2, -0.15) is 0 Å². The number of amides is 1. The average molecular weight is 795 g/mol. The van der Waals surface area contributed by atoms with Crippen molar-refractivity contribution in [3.8, 4) is 0 Å². The number of benzene rings is 1. The Bertz CT molecular complexity index is 1810. The second-order valence-electron chi connectivity index (χ2n) is 17.8. The van der Waals surface area contributed by atoms with Crippen LogP contribution >= 0.6 is 0 Å². The smallest absolute Gasteiger partial charge is 0.411 e. The van der Waals surface area contributed by atoms with Crippen LogP contribution in [0, 0.1) is 23.7 Å². The highest BCUT2D eigenvalue weighted by Gasteiger charge is 2.62. The first-order valence-electron chi connectivity index (χ1n) is 20.5. The molecule has 0 bridgehead atoms. The Hall–Kier alpha value is -3.53. The molecule has 0 spiro atoms. The predicted molar refractivity (Wildman–Crippen MR) is 211 cm³/mol. The van der Waals surface area contributed by atoms with Crippen molar-refractivity contribution in [3.63, 3.8) is 0 Å². The van der Waals surface area contributed by atoms with Gasteiger partial charge in [0, 0.05) is 55.0 Å². The van der Waals surface area contributed by atoms with E-state index in [4.69, 9.17) is 18.9 Å². The lowest BCUT2D eigenvalue weighted by Crippen LogP contribution is -2.65. The summed E-state index contributed by atoms with van der Waals surface area (Å²) < 4.78 is 24.8. The van der Waals surface area contributed by atoms with Gasteiger partial charge in [-0.1, -0.05) is 45.9 Å². The van der Waals surface area contributed by atoms with E-state index in [0.29, 0.717) is 26.1 Å². The highest BCUT2D eigenvalue weighted by atomic mass is 16.7. The van der Waals surface area contributed by atoms with Crippen LogP contribution in [0.25, 0.3) is 10.9 Å². The van der Waals surface area contributed by atoms with Gasteiger partial charge in [0.25, 0.3) is 0 Å². The quantitative estimate of drug-likeness (QED) is 0.306. The molecule has 4 fully saturated rings. The fraction of sp³-hybridized carbons (Fsp3) is 0.698. The third kappa shape index (κ3) is 8.23. The molecule has 1 aromatic carbocycles. The molecule has 0 unspecified atom stereocenters. The first kappa shape index (κ1) is 43.1. The molecule has 1 aromatic heterocycles. The number of pyridine rings is 1. The lowest BCUT2D eigenvalue weighted by atomic mass is 9.73. The van der Waals surface area contributed by atoms with E-state index in [9.17, 15) is 29.4 Å². The van der Waals surface area contributed by atoms with E-state index in [0.717, 1.165) is 16.5 Å². The van der Waals surface area contributed by atoms with Crippen LogP contribution < -0.4 is 0 Å². The van der Waals surface area contributed by atoms with Crippen LogP contribution in [0.2, 0.25) is 0 Å². The Morgan fingerprint density at radius 2 is 1.68 bits per heavy atom. The van der Waals surface area contributed by atoms with Crippen molar-refractivity contribution in [1.29, 1.82) is 0 Å². The largest absolute Gasteiger partial charge is 0.458 e. The molecule has 1 amide bonds. The summed E-state index contributed by atoms with van der Waals surface area (Å²) in [5, 5.41) is 24.7. The van der Waals surface area contributed by atoms with Crippen molar-refractivity contribution in [2.45, 2.75) is 141 Å². The minimum atomic E-state index is -1.81. The second-order valence-corrected chi connectivity index (χ2v) is 17.8. The first-order valence-corrected chi connectivity index (χ1v) is 20.5. The number of hydrogen-bond acceptors (Lipinski definition) is 13. The Kier molecular flexibility index (Phi) is 12.6. The van der Waals surface area contributed by atoms with Crippen molar-refractivity contribution >= 4 is 34.5 Å². The number of cyclic esters (lactones) is 1. The van der Waals surface area contributed by atoms with Crippen molar-refractivity contribution in [2.24, 2.45) is 23.7 Å². The number of carbonyl (C=O) groups excluding carboxylic acids is 4. The van der Waals surface area contributed by atoms with Gasteiger partial charge in [0.1, 0.15) is 23.9 Å². The number of likely N-dealkylation sites (N-methyl/N-ethyl adjacent to an activating group) is 1. The van der Waals surface area contributed by atoms with Crippen LogP contribution in [0.3, 0.4) is 0 Å². The van der Waals surface area contributed by atoms with Gasteiger partial charge < -0.3 is 34.1 Å². The summed E-state index contributed by atoms with van der Waals surface area (Å²) in [5.41, 5.74) is -1.22. The maximum absolute atomic E-state index is 14.7. The summed E-state index contributed by atoms with van der Waals surface area (Å²) >= 11 is 0. The fourth-order valence-electron chi connectivity index (χ4n) is 10.0. The molecular weight excluding hydrogens is 732 g/mol. The van der Waals surface area contributed by atoms with Crippen LogP contribution in [-0.4, -0.2) is 141 Å². The normalized spacial score (nSPS) is 39.1. The maximum atomic E-state index is 14.7. The number of nitrogens with zero attached hydrogens (tertiary/aromatic N) is 4. The highest BCUT2D eigenvalue weighted by molar-refractivity contribution is 6.00. The molecule has 57 heavy (non-hydrogen) atoms. The molecule has 0 aliphatic carbocycles. The van der Waals surface area contributed by atoms with Crippen molar-refractivity contribution in [2.75, 3.05) is 27.2 Å². The van der Waals surface area contributed by atoms with Gasteiger partial charge in [-0.25, -0.2) is 4.79 Å². The van der Waals surface area contributed by atoms with Gasteiger partial charge >= 0.3 is 12.1 Å². The van der Waals surface area contributed by atoms with Crippen molar-refractivity contribution < 1.29 is 48.3 Å². The zero-order valence-corrected chi connectivity index (χ0v) is 35.1. The number of aliphatic hydroxyl groups is 2. The zero-order chi connectivity index (χ0) is 41.7. The van der Waals surface area contributed by atoms with Crippen molar-refractivity contribution in [1.82, 2.24) is 19.7 Å². The molecule has 6 rings (SSSR count). The molecule has 5 heterocycles. The number of esters is 1. The third-order valence-corrected chi connectivity index (χ3v) is 13.1. The summed E-state index contributed by atoms with van der Waals surface area (Å²) in [4.78, 5) is 67.0. The molecule has 13 atom stereocenters. The monoisotopic (exact) mass is 794 g/mol. The van der Waals surface area contributed by atoms with Crippen LogP contribution in [0.15, 0.2) is 36.5 Å². The second kappa shape index (κ2) is 16.6. The summed E-state index contributed by atoms with van der Waals surface area (Å²) in [5.74, 6) is -5.51. The van der Waals surface area contributed by atoms with E-state index in [1.165, 1.54) is 13.8 Å². The number of hydrogen-bond donors (Lipinski definition) is 2. The molecule has 2 N–H and O–H groups in total. The van der Waals surface area contributed by atoms with E-state index in [1.807, 2.05) is 57.1 Å². The van der Waals surface area contributed by atoms with E-state index in [-0.39, 0.29) is 36.8 Å². The zero-order valence-electron chi connectivity index (χ0n) is 35.1. The molecule has 4 aliphatic heterocycles. The average Bonchev–Trinajstić information content (AvgIpc) is 3.42. The van der Waals surface area contributed by atoms with Crippen LogP contribution in [0.4, 0.5) is 4.79 Å². The number of likely N-dealkylation sites (tertiary alicyclic amines) is 1. The van der Waals surface area contributed by atoms with E-state index < -0.39 is 83.4 Å². The molecule has 4 saturated heterocycles. The van der Waals surface area contributed by atoms with Crippen molar-refractivity contribution in [3.05, 3.63) is 42.1 Å². The first-order chi connectivity index (χ1) is 26.8. The number of ketones is 2. The molecule has 4 aliphatic rings. The van der Waals surface area contributed by atoms with Gasteiger partial charge in [-0.3, -0.25) is 29.2 Å². The Labute approximate surface area is 336 Å². The fourth-order valence-corrected chi connectivity index (χ4v) is 10.0. The summed E-state index contributed by atoms with van der Waals surface area (Å²) in [6, 6.07) is 8.55. The Morgan fingerprint density at radius 3 is 2.35 bits per heavy atom. The minimum Gasteiger partial charge on any atom is -0.458 e. The van der Waals surface area contributed by atoms with Crippen LogP contribution in [0.1, 0.15) is 80.2 Å². The minimum absolute atomic E-state index is 0.112. The third-order valence-electron chi connectivity index (χ3n) is 13.1. The molecule has 314 valence electrons. The molecule has 14 heteroatoms. The van der Waals surface area contributed by atoms with Crippen LogP contribution in [0.5, 0.6) is 0 Å². The number of rotatable bonds is 7. The Balaban J connectivity index is 1.30. The lowest BCUT2D eigenvalue weighted by molar-refractivity contribution is -0.293. The number of ether oxygens (including phenoxy) is 4. The molecule has 0 saturated carbocycles. The number of aromatic nitrogens is 1. The number of carbonyl (C=O) groups is 4. The molecule has 0 radical (unpaired) electrons. The molecular formula is C43H62N4O10. The van der Waals surface area contributed by atoms with Gasteiger partial charge in [-0.05, 0) is 78.7 Å². The topological polar surface area (TPSA) is 168 Å². The predicted octanol–water partition coefficient (Wildman–Crippen LogP) is 3.97. The maximum Gasteiger partial charge on any atom is 0.411 e. The SMILES string of the molecule is CC[C@H]1OC(=O)[C@H](C)C(=O)[C@H](C)[C@@H](O[C@@H]2O[C@H](C)C[C@H](N(C)C)[C@H]2O)[C@](C)(O)C[C@@H](C)C(=O)[C@H](C)[C@H]2N(C3CN(Cc4cccc5ncccc45)C3)C(=O)O[C@]12C. The summed E-state index contributed by atoms with van der Waals surface area (Å²) in [6.45, 7) is 15.1. The van der Waals surface area contributed by atoms with Gasteiger partial charge in [0.15, 0.2) is 17.7 Å². The van der Waals surface area contributed by atoms with E-state index in [1.54, 1.807) is 38.8 Å². The van der Waals surface area contributed by atoms with E-state index in [2.05, 4.69) is 16.0 Å². The standard InChI is InChI=1S/C43H62N4O10/c1-11-33-43(8)37(47(41(52)57-43)29-21-46(22-29)20-28-14-12-16-31-30(28)15-13-17-44-31)25(4)34(48)23(2)19-42(7,53)38(26(5)35(49)27(6)39(51)55-33)56-40-36(50)32(45(9)10)18-24(3)54-40/h12-17,23-27,29,32-33,36-38,40,50,53H,11,18-22H2,1-10H3/t23-,24-,25+,26+,27-,32+,33-,36-,37-,38-,40+,42-,43-/m1/s1. The van der Waals surface area contributed by atoms with Crippen LogP contribution in [-0.2, 0) is 39.9 Å². The summed E-state index contributed by atoms with van der Waals surface area (Å²) in [6.07, 6.45) is -3.01. The molecule has 2 aromatic rings. The number of Topliss-reactive ketones (excluding diaryl/α,β-unsaturated/α-hetero) is 2. The Morgan fingerprint density at radius 1 is 0.982 bits per heavy atom. The lowest BCUT2D eigenvalue weighted by Gasteiger charge is -2.48. The molecule has 14 nitrogen and oxygen atoms in total. The summed E-state index contributed by atoms with van der Waals surface area (Å²) in [7, 11) is 3.69. The van der Waals surface area contributed by atoms with Gasteiger partial charge in [0.05, 0.1) is 35.4 Å². The number of fused-ring (bicyclic) bond motifs is 2. The number of aliphatic hydroxyl groups excluding tert-OH is 1. The van der Waals surface area contributed by atoms with Gasteiger partial charge in [-0.15, -0.1) is 0 Å². The van der Waals surface area contributed by atoms with Gasteiger partial charge in [0.2, 0.25) is 0 Å². The highest BCUT2D eigenvalue weighted by Crippen LogP contribution is 2.44.